The number of likely N-dealkylation sites (tertiary alicyclic amines) is 1. The summed E-state index contributed by atoms with van der Waals surface area (Å²) >= 11 is 0. The molecule has 0 bridgehead atoms. The highest BCUT2D eigenvalue weighted by Gasteiger charge is 2.34. The third-order valence-electron chi connectivity index (χ3n) is 5.88. The zero-order chi connectivity index (χ0) is 20.0. The lowest BCUT2D eigenvalue weighted by atomic mass is 9.76. The van der Waals surface area contributed by atoms with E-state index >= 15 is 0 Å². The Balaban J connectivity index is 1.34. The highest BCUT2D eigenvalue weighted by Crippen LogP contribution is 2.38. The number of benzene rings is 2. The Morgan fingerprint density at radius 1 is 1.17 bits per heavy atom. The average molecular weight is 392 g/mol. The second-order valence-electron chi connectivity index (χ2n) is 8.42. The highest BCUT2D eigenvalue weighted by atomic mass is 16.7. The van der Waals surface area contributed by atoms with E-state index in [1.807, 2.05) is 30.0 Å². The molecule has 0 spiro atoms. The van der Waals surface area contributed by atoms with Gasteiger partial charge in [-0.2, -0.15) is 0 Å². The van der Waals surface area contributed by atoms with E-state index in [4.69, 9.17) is 13.9 Å². The summed E-state index contributed by atoms with van der Waals surface area (Å²) < 4.78 is 16.5. The highest BCUT2D eigenvalue weighted by molar-refractivity contribution is 5.97. The van der Waals surface area contributed by atoms with Crippen molar-refractivity contribution in [1.82, 2.24) is 9.88 Å². The topological polar surface area (TPSA) is 64.8 Å². The summed E-state index contributed by atoms with van der Waals surface area (Å²) in [7, 11) is 0. The number of aromatic nitrogens is 1. The van der Waals surface area contributed by atoms with Gasteiger partial charge in [-0.3, -0.25) is 4.79 Å². The first-order valence-corrected chi connectivity index (χ1v) is 10.0. The number of hydrogen-bond acceptors (Lipinski definition) is 5. The van der Waals surface area contributed by atoms with Crippen molar-refractivity contribution >= 4 is 17.0 Å². The number of amides is 1. The van der Waals surface area contributed by atoms with Crippen molar-refractivity contribution in [3.8, 4) is 11.5 Å². The van der Waals surface area contributed by atoms with E-state index in [2.05, 4.69) is 24.0 Å². The molecule has 1 unspecified atom stereocenters. The van der Waals surface area contributed by atoms with Gasteiger partial charge in [-0.05, 0) is 60.6 Å². The van der Waals surface area contributed by atoms with E-state index in [1.54, 1.807) is 6.07 Å². The molecule has 0 radical (unpaired) electrons. The molecule has 0 aliphatic carbocycles. The Bertz CT molecular complexity index is 1090. The number of carbonyl (C=O) groups is 1. The molecule has 150 valence electrons. The summed E-state index contributed by atoms with van der Waals surface area (Å²) in [4.78, 5) is 19.5. The van der Waals surface area contributed by atoms with Gasteiger partial charge in [0.25, 0.3) is 5.91 Å². The molecule has 29 heavy (non-hydrogen) atoms. The monoisotopic (exact) mass is 392 g/mol. The molecule has 3 aromatic rings. The number of piperidine rings is 1. The molecule has 0 saturated carbocycles. The zero-order valence-electron chi connectivity index (χ0n) is 16.7. The number of oxazole rings is 1. The van der Waals surface area contributed by atoms with Gasteiger partial charge in [0.15, 0.2) is 23.0 Å². The van der Waals surface area contributed by atoms with Crippen LogP contribution in [0.3, 0.4) is 0 Å². The van der Waals surface area contributed by atoms with Crippen LogP contribution in [0.1, 0.15) is 41.6 Å². The smallest absolute Gasteiger partial charge is 0.254 e. The molecule has 3 heterocycles. The third kappa shape index (κ3) is 3.43. The molecule has 1 atom stereocenters. The van der Waals surface area contributed by atoms with E-state index in [1.165, 1.54) is 5.56 Å². The predicted molar refractivity (Wildman–Crippen MR) is 108 cm³/mol. The number of carbonyl (C=O) groups excluding carboxylic acids is 1. The van der Waals surface area contributed by atoms with E-state index in [0.717, 1.165) is 49.4 Å². The maximum Gasteiger partial charge on any atom is 0.254 e. The summed E-state index contributed by atoms with van der Waals surface area (Å²) in [5, 5.41) is 0. The Morgan fingerprint density at radius 3 is 2.93 bits per heavy atom. The molecule has 0 N–H and O–H groups in total. The van der Waals surface area contributed by atoms with Gasteiger partial charge in [-0.15, -0.1) is 0 Å². The quantitative estimate of drug-likeness (QED) is 0.663. The number of aryl methyl sites for hydroxylation is 1. The number of ether oxygens (including phenoxy) is 2. The van der Waals surface area contributed by atoms with Crippen molar-refractivity contribution < 1.29 is 18.7 Å². The van der Waals surface area contributed by atoms with Crippen LogP contribution < -0.4 is 9.47 Å². The Labute approximate surface area is 169 Å². The van der Waals surface area contributed by atoms with Crippen LogP contribution >= 0.6 is 0 Å². The van der Waals surface area contributed by atoms with Gasteiger partial charge >= 0.3 is 0 Å². The first-order chi connectivity index (χ1) is 14.0. The van der Waals surface area contributed by atoms with Crippen LogP contribution in [-0.4, -0.2) is 35.7 Å². The molecule has 1 amide bonds. The third-order valence-corrected chi connectivity index (χ3v) is 5.88. The molecule has 2 aromatic carbocycles. The normalized spacial score (nSPS) is 21.0. The Kier molecular flexibility index (Phi) is 4.23. The molecule has 1 saturated heterocycles. The lowest BCUT2D eigenvalue weighted by molar-refractivity contribution is 0.0550. The summed E-state index contributed by atoms with van der Waals surface area (Å²) in [5.41, 5.74) is 3.33. The Morgan fingerprint density at radius 2 is 2.03 bits per heavy atom. The SMILES string of the molecule is Cc1nc2ccc(C(=O)N3CCCC(C)(Cc4ccc5c(c4)OCO5)C3)cc2o1. The molecule has 1 fully saturated rings. The fourth-order valence-electron chi connectivity index (χ4n) is 4.53. The van der Waals surface area contributed by atoms with E-state index in [0.29, 0.717) is 17.0 Å². The number of nitrogens with zero attached hydrogens (tertiary/aromatic N) is 2. The van der Waals surface area contributed by atoms with Gasteiger partial charge < -0.3 is 18.8 Å². The Hall–Kier alpha value is -3.02. The summed E-state index contributed by atoms with van der Waals surface area (Å²) in [6.45, 7) is 5.87. The first kappa shape index (κ1) is 18.0. The summed E-state index contributed by atoms with van der Waals surface area (Å²) in [6.07, 6.45) is 2.98. The molecule has 2 aliphatic rings. The van der Waals surface area contributed by atoms with Crippen LogP contribution in [0.2, 0.25) is 0 Å². The first-order valence-electron chi connectivity index (χ1n) is 10.0. The van der Waals surface area contributed by atoms with Crippen LogP contribution in [0.4, 0.5) is 0 Å². The largest absolute Gasteiger partial charge is 0.454 e. The molecule has 5 rings (SSSR count). The van der Waals surface area contributed by atoms with Gasteiger partial charge in [-0.25, -0.2) is 4.98 Å². The van der Waals surface area contributed by atoms with Crippen LogP contribution in [0, 0.1) is 12.3 Å². The van der Waals surface area contributed by atoms with Crippen molar-refractivity contribution in [2.45, 2.75) is 33.1 Å². The van der Waals surface area contributed by atoms with E-state index in [-0.39, 0.29) is 18.1 Å². The van der Waals surface area contributed by atoms with Crippen LogP contribution in [0.15, 0.2) is 40.8 Å². The average Bonchev–Trinajstić information content (AvgIpc) is 3.31. The van der Waals surface area contributed by atoms with Gasteiger partial charge in [0, 0.05) is 25.6 Å². The molecule has 1 aromatic heterocycles. The second kappa shape index (κ2) is 6.79. The van der Waals surface area contributed by atoms with E-state index in [9.17, 15) is 4.79 Å². The van der Waals surface area contributed by atoms with Crippen LogP contribution in [-0.2, 0) is 6.42 Å². The number of rotatable bonds is 3. The zero-order valence-corrected chi connectivity index (χ0v) is 16.7. The van der Waals surface area contributed by atoms with Crippen LogP contribution in [0.5, 0.6) is 11.5 Å². The van der Waals surface area contributed by atoms with Gasteiger partial charge in [0.1, 0.15) is 5.52 Å². The number of fused-ring (bicyclic) bond motifs is 2. The minimum absolute atomic E-state index is 0.0224. The molecule has 6 nitrogen and oxygen atoms in total. The number of hydrogen-bond donors (Lipinski definition) is 0. The molecular weight excluding hydrogens is 368 g/mol. The van der Waals surface area contributed by atoms with E-state index < -0.39 is 0 Å². The standard InChI is InChI=1S/C23H24N2O4/c1-15-24-18-6-5-17(11-20(18)29-15)22(26)25-9-3-8-23(2,13-25)12-16-4-7-19-21(10-16)28-14-27-19/h4-7,10-11H,3,8-9,12-14H2,1-2H3. The van der Waals surface area contributed by atoms with Crippen molar-refractivity contribution in [3.05, 3.63) is 53.4 Å². The molecule has 2 aliphatic heterocycles. The van der Waals surface area contributed by atoms with Gasteiger partial charge in [0.2, 0.25) is 6.79 Å². The lowest BCUT2D eigenvalue weighted by Crippen LogP contribution is -2.45. The lowest BCUT2D eigenvalue weighted by Gasteiger charge is -2.40. The fraction of sp³-hybridized carbons (Fsp3) is 0.391. The van der Waals surface area contributed by atoms with Crippen molar-refractivity contribution in [1.29, 1.82) is 0 Å². The van der Waals surface area contributed by atoms with Crippen LogP contribution in [0.25, 0.3) is 11.1 Å². The predicted octanol–water partition coefficient (Wildman–Crippen LogP) is 4.35. The summed E-state index contributed by atoms with van der Waals surface area (Å²) in [6, 6.07) is 11.6. The van der Waals surface area contributed by atoms with Gasteiger partial charge in [0.05, 0.1) is 0 Å². The minimum atomic E-state index is 0.0224. The minimum Gasteiger partial charge on any atom is -0.454 e. The van der Waals surface area contributed by atoms with Crippen molar-refractivity contribution in [3.63, 3.8) is 0 Å². The van der Waals surface area contributed by atoms with Crippen molar-refractivity contribution in [2.24, 2.45) is 5.41 Å². The maximum atomic E-state index is 13.2. The molecule has 6 heteroatoms. The fourth-order valence-corrected chi connectivity index (χ4v) is 4.53. The van der Waals surface area contributed by atoms with Crippen molar-refractivity contribution in [2.75, 3.05) is 19.9 Å². The molecular formula is C23H24N2O4. The second-order valence-corrected chi connectivity index (χ2v) is 8.42. The summed E-state index contributed by atoms with van der Waals surface area (Å²) in [5.74, 6) is 2.28. The maximum absolute atomic E-state index is 13.2. The van der Waals surface area contributed by atoms with Gasteiger partial charge in [-0.1, -0.05) is 13.0 Å².